The smallest absolute Gasteiger partial charge is 0.231 e. The monoisotopic (exact) mass is 369 g/mol. The van der Waals surface area contributed by atoms with E-state index in [0.29, 0.717) is 18.5 Å². The molecule has 2 aliphatic heterocycles. The van der Waals surface area contributed by atoms with Gasteiger partial charge in [-0.2, -0.15) is 11.8 Å². The molecule has 2 aliphatic rings. The highest BCUT2D eigenvalue weighted by atomic mass is 32.2. The number of thioether (sulfide) groups is 1. The highest BCUT2D eigenvalue weighted by Crippen LogP contribution is 2.40. The van der Waals surface area contributed by atoms with Gasteiger partial charge in [-0.3, -0.25) is 4.79 Å². The minimum absolute atomic E-state index is 0.265. The lowest BCUT2D eigenvalue weighted by Crippen LogP contribution is -2.33. The molecule has 136 valence electrons. The van der Waals surface area contributed by atoms with Gasteiger partial charge in [0.25, 0.3) is 0 Å². The normalized spacial score (nSPS) is 19.2. The molecule has 1 fully saturated rings. The fraction of sp³-hybridized carbons (Fsp3) is 0.381. The van der Waals surface area contributed by atoms with Crippen LogP contribution in [0.15, 0.2) is 48.5 Å². The van der Waals surface area contributed by atoms with Crippen LogP contribution in [0.25, 0.3) is 0 Å². The summed E-state index contributed by atoms with van der Waals surface area (Å²) in [6.45, 7) is 1.96. The average molecular weight is 369 g/mol. The maximum atomic E-state index is 12.6. The van der Waals surface area contributed by atoms with Gasteiger partial charge in [-0.15, -0.1) is 0 Å². The molecular weight excluding hydrogens is 346 g/mol. The predicted molar refractivity (Wildman–Crippen MR) is 104 cm³/mol. The first-order valence-electron chi connectivity index (χ1n) is 9.12. The number of ether oxygens (including phenoxy) is 2. The van der Waals surface area contributed by atoms with Crippen LogP contribution in [-0.2, 0) is 11.2 Å². The summed E-state index contributed by atoms with van der Waals surface area (Å²) < 4.78 is 10.9. The van der Waals surface area contributed by atoms with Gasteiger partial charge < -0.3 is 14.4 Å². The van der Waals surface area contributed by atoms with E-state index < -0.39 is 0 Å². The van der Waals surface area contributed by atoms with E-state index >= 15 is 0 Å². The Hall–Kier alpha value is -2.14. The zero-order chi connectivity index (χ0) is 17.8. The molecule has 1 amide bonds. The number of amides is 1. The van der Waals surface area contributed by atoms with Crippen molar-refractivity contribution in [1.82, 2.24) is 4.90 Å². The Morgan fingerprint density at radius 1 is 1.08 bits per heavy atom. The number of carbonyl (C=O) groups excluding carboxylic acids is 1. The lowest BCUT2D eigenvalue weighted by Gasteiger charge is -2.20. The fourth-order valence-corrected chi connectivity index (χ4v) is 4.67. The quantitative estimate of drug-likeness (QED) is 0.815. The number of fused-ring (bicyclic) bond motifs is 1. The van der Waals surface area contributed by atoms with Crippen molar-refractivity contribution in [2.45, 2.75) is 24.5 Å². The molecule has 4 nitrogen and oxygen atoms in total. The SMILES string of the molecule is O=C(CCc1ccccc1)N1CCSC(c2ccc3c(c2)OCO3)CC1. The van der Waals surface area contributed by atoms with Crippen LogP contribution in [-0.4, -0.2) is 36.4 Å². The van der Waals surface area contributed by atoms with Gasteiger partial charge in [-0.25, -0.2) is 0 Å². The Bertz CT molecular complexity index is 765. The van der Waals surface area contributed by atoms with Crippen LogP contribution in [0.2, 0.25) is 0 Å². The topological polar surface area (TPSA) is 38.8 Å². The third-order valence-electron chi connectivity index (χ3n) is 4.93. The minimum atomic E-state index is 0.265. The van der Waals surface area contributed by atoms with E-state index in [2.05, 4.69) is 24.3 Å². The molecule has 0 aliphatic carbocycles. The van der Waals surface area contributed by atoms with Gasteiger partial charge in [0.2, 0.25) is 12.7 Å². The summed E-state index contributed by atoms with van der Waals surface area (Å²) in [4.78, 5) is 14.6. The molecule has 2 heterocycles. The zero-order valence-corrected chi connectivity index (χ0v) is 15.5. The maximum Gasteiger partial charge on any atom is 0.231 e. The standard InChI is InChI=1S/C21H23NO3S/c23-21(9-6-16-4-2-1-3-5-16)22-11-10-20(26-13-12-22)17-7-8-18-19(14-17)25-15-24-18/h1-5,7-8,14,20H,6,9-13,15H2. The maximum absolute atomic E-state index is 12.6. The van der Waals surface area contributed by atoms with E-state index in [0.717, 1.165) is 43.2 Å². The van der Waals surface area contributed by atoms with Crippen LogP contribution in [0.4, 0.5) is 0 Å². The van der Waals surface area contributed by atoms with Crippen LogP contribution in [0, 0.1) is 0 Å². The largest absolute Gasteiger partial charge is 0.454 e. The van der Waals surface area contributed by atoms with Crippen LogP contribution in [0.5, 0.6) is 11.5 Å². The van der Waals surface area contributed by atoms with E-state index in [1.54, 1.807) is 0 Å². The Morgan fingerprint density at radius 2 is 1.92 bits per heavy atom. The molecule has 0 aromatic heterocycles. The summed E-state index contributed by atoms with van der Waals surface area (Å²) in [6, 6.07) is 16.4. The van der Waals surface area contributed by atoms with Crippen molar-refractivity contribution in [3.05, 3.63) is 59.7 Å². The van der Waals surface area contributed by atoms with Crippen molar-refractivity contribution in [3.63, 3.8) is 0 Å². The second kappa shape index (κ2) is 8.04. The average Bonchev–Trinajstić information content (AvgIpc) is 3.01. The number of aryl methyl sites for hydroxylation is 1. The van der Waals surface area contributed by atoms with E-state index in [1.165, 1.54) is 11.1 Å². The highest BCUT2D eigenvalue weighted by Gasteiger charge is 2.23. The predicted octanol–water partition coefficient (Wildman–Crippen LogP) is 4.05. The molecule has 0 saturated carbocycles. The number of benzene rings is 2. The van der Waals surface area contributed by atoms with Crippen LogP contribution in [0.1, 0.15) is 29.2 Å². The van der Waals surface area contributed by atoms with Crippen molar-refractivity contribution >= 4 is 17.7 Å². The van der Waals surface area contributed by atoms with Gasteiger partial charge in [-0.05, 0) is 36.1 Å². The van der Waals surface area contributed by atoms with E-state index in [1.807, 2.05) is 40.9 Å². The fourth-order valence-electron chi connectivity index (χ4n) is 3.45. The molecule has 5 heteroatoms. The Kier molecular flexibility index (Phi) is 5.34. The number of rotatable bonds is 4. The molecule has 0 spiro atoms. The van der Waals surface area contributed by atoms with Gasteiger partial charge in [0.1, 0.15) is 0 Å². The molecule has 26 heavy (non-hydrogen) atoms. The van der Waals surface area contributed by atoms with Gasteiger partial charge in [-0.1, -0.05) is 36.4 Å². The number of carbonyl (C=O) groups is 1. The lowest BCUT2D eigenvalue weighted by molar-refractivity contribution is -0.130. The molecule has 0 radical (unpaired) electrons. The molecular formula is C21H23NO3S. The number of nitrogens with zero attached hydrogens (tertiary/aromatic N) is 1. The molecule has 4 rings (SSSR count). The molecule has 2 aromatic rings. The van der Waals surface area contributed by atoms with Gasteiger partial charge in [0.15, 0.2) is 11.5 Å². The van der Waals surface area contributed by atoms with Crippen LogP contribution in [0.3, 0.4) is 0 Å². The molecule has 0 N–H and O–H groups in total. The molecule has 0 bridgehead atoms. The second-order valence-electron chi connectivity index (χ2n) is 6.63. The Balaban J connectivity index is 1.33. The van der Waals surface area contributed by atoms with Crippen molar-refractivity contribution in [3.8, 4) is 11.5 Å². The molecule has 1 unspecified atom stereocenters. The second-order valence-corrected chi connectivity index (χ2v) is 7.94. The van der Waals surface area contributed by atoms with Crippen LogP contribution >= 0.6 is 11.8 Å². The summed E-state index contributed by atoms with van der Waals surface area (Å²) in [6.07, 6.45) is 2.37. The van der Waals surface area contributed by atoms with Gasteiger partial charge in [0, 0.05) is 30.5 Å². The van der Waals surface area contributed by atoms with Crippen molar-refractivity contribution < 1.29 is 14.3 Å². The van der Waals surface area contributed by atoms with Crippen molar-refractivity contribution in [2.24, 2.45) is 0 Å². The van der Waals surface area contributed by atoms with Gasteiger partial charge >= 0.3 is 0 Å². The summed E-state index contributed by atoms with van der Waals surface area (Å²) >= 11 is 1.93. The minimum Gasteiger partial charge on any atom is -0.454 e. The summed E-state index contributed by atoms with van der Waals surface area (Å²) in [7, 11) is 0. The first kappa shape index (κ1) is 17.3. The summed E-state index contributed by atoms with van der Waals surface area (Å²) in [5.41, 5.74) is 2.49. The molecule has 2 aromatic carbocycles. The first-order chi connectivity index (χ1) is 12.8. The Morgan fingerprint density at radius 3 is 2.81 bits per heavy atom. The lowest BCUT2D eigenvalue weighted by atomic mass is 10.1. The highest BCUT2D eigenvalue weighted by molar-refractivity contribution is 7.99. The Labute approximate surface area is 158 Å². The zero-order valence-electron chi connectivity index (χ0n) is 14.7. The molecule has 1 atom stereocenters. The van der Waals surface area contributed by atoms with E-state index in [4.69, 9.17) is 9.47 Å². The van der Waals surface area contributed by atoms with Crippen LogP contribution < -0.4 is 9.47 Å². The van der Waals surface area contributed by atoms with E-state index in [-0.39, 0.29) is 5.91 Å². The van der Waals surface area contributed by atoms with Crippen molar-refractivity contribution in [2.75, 3.05) is 25.6 Å². The summed E-state index contributed by atoms with van der Waals surface area (Å²) in [5.74, 6) is 2.89. The third-order valence-corrected chi connectivity index (χ3v) is 6.26. The first-order valence-corrected chi connectivity index (χ1v) is 10.2. The van der Waals surface area contributed by atoms with Gasteiger partial charge in [0.05, 0.1) is 0 Å². The van der Waals surface area contributed by atoms with E-state index in [9.17, 15) is 4.79 Å². The molecule has 1 saturated heterocycles. The number of hydrogen-bond acceptors (Lipinski definition) is 4. The number of hydrogen-bond donors (Lipinski definition) is 0. The summed E-state index contributed by atoms with van der Waals surface area (Å²) in [5, 5.41) is 0.399. The third kappa shape index (κ3) is 3.98. The van der Waals surface area contributed by atoms with Crippen molar-refractivity contribution in [1.29, 1.82) is 0 Å².